The van der Waals surface area contributed by atoms with E-state index < -0.39 is 5.41 Å². The number of aryl methyl sites for hydroxylation is 1. The van der Waals surface area contributed by atoms with Crippen molar-refractivity contribution in [3.8, 4) is 0 Å². The number of hydrogen-bond donors (Lipinski definition) is 0. The van der Waals surface area contributed by atoms with Crippen LogP contribution in [0.4, 0.5) is 0 Å². The van der Waals surface area contributed by atoms with Crippen molar-refractivity contribution in [3.05, 3.63) is 29.7 Å². The lowest BCUT2D eigenvalue weighted by atomic mass is 9.82. The van der Waals surface area contributed by atoms with Crippen LogP contribution >= 0.6 is 0 Å². The van der Waals surface area contributed by atoms with Crippen LogP contribution in [0.15, 0.2) is 24.2 Å². The van der Waals surface area contributed by atoms with Crippen LogP contribution in [0.25, 0.3) is 0 Å². The van der Waals surface area contributed by atoms with Crippen molar-refractivity contribution in [1.29, 1.82) is 0 Å². The van der Waals surface area contributed by atoms with E-state index in [1.54, 1.807) is 10.9 Å². The fraction of sp³-hybridized carbons (Fsp3) is 0.538. The van der Waals surface area contributed by atoms with Gasteiger partial charge in [0.1, 0.15) is 0 Å². The van der Waals surface area contributed by atoms with Crippen molar-refractivity contribution < 1.29 is 4.79 Å². The van der Waals surface area contributed by atoms with Crippen LogP contribution in [0.3, 0.4) is 0 Å². The summed E-state index contributed by atoms with van der Waals surface area (Å²) in [7, 11) is 5.77. The Balaban J connectivity index is 2.33. The number of nitrogens with zero attached hydrogens (tertiary/aromatic N) is 3. The first-order valence-electron chi connectivity index (χ1n) is 5.84. The molecule has 1 aromatic heterocycles. The van der Waals surface area contributed by atoms with Crippen molar-refractivity contribution in [3.63, 3.8) is 0 Å². The lowest BCUT2D eigenvalue weighted by Gasteiger charge is -2.19. The maximum atomic E-state index is 12.4. The minimum Gasteiger partial charge on any atom is -0.383 e. The van der Waals surface area contributed by atoms with E-state index in [1.807, 2.05) is 45.4 Å². The number of Topliss-reactive ketones (excluding diaryl/α,β-unsaturated/α-hetero) is 1. The summed E-state index contributed by atoms with van der Waals surface area (Å²) in [5, 5.41) is 4.16. The van der Waals surface area contributed by atoms with Crippen LogP contribution < -0.4 is 0 Å². The number of hydrogen-bond acceptors (Lipinski definition) is 3. The molecule has 1 atom stereocenters. The first kappa shape index (κ1) is 11.9. The molecule has 1 aliphatic rings. The van der Waals surface area contributed by atoms with Gasteiger partial charge in [-0.05, 0) is 19.8 Å². The molecule has 0 N–H and O–H groups in total. The third-order valence-corrected chi connectivity index (χ3v) is 3.44. The second kappa shape index (κ2) is 4.02. The maximum absolute atomic E-state index is 12.4. The summed E-state index contributed by atoms with van der Waals surface area (Å²) in [6.07, 6.45) is 7.40. The number of aromatic nitrogens is 2. The minimum atomic E-state index is -0.393. The van der Waals surface area contributed by atoms with E-state index in [0.717, 1.165) is 24.0 Å². The maximum Gasteiger partial charge on any atom is 0.170 e. The van der Waals surface area contributed by atoms with Gasteiger partial charge >= 0.3 is 0 Å². The Bertz CT molecular complexity index is 473. The average molecular weight is 233 g/mol. The van der Waals surface area contributed by atoms with Crippen molar-refractivity contribution in [2.45, 2.75) is 25.2 Å². The predicted molar refractivity (Wildman–Crippen MR) is 66.6 cm³/mol. The Hall–Kier alpha value is -1.58. The quantitative estimate of drug-likeness (QED) is 0.726. The smallest absolute Gasteiger partial charge is 0.170 e. The van der Waals surface area contributed by atoms with Gasteiger partial charge in [0.25, 0.3) is 0 Å². The van der Waals surface area contributed by atoms with E-state index in [1.165, 1.54) is 0 Å². The lowest BCUT2D eigenvalue weighted by molar-refractivity contribution is -0.118. The molecule has 4 heteroatoms. The molecule has 1 aromatic rings. The molecule has 0 saturated heterocycles. The van der Waals surface area contributed by atoms with Gasteiger partial charge in [-0.1, -0.05) is 0 Å². The molecule has 0 radical (unpaired) electrons. The standard InChI is InChI=1S/C13H19N3O/c1-13(11-7-14-16(4)9-11)6-5-10(12(13)17)8-15(2)3/h7-9H,5-6H2,1-4H3. The fourth-order valence-electron chi connectivity index (χ4n) is 2.38. The largest absolute Gasteiger partial charge is 0.383 e. The molecule has 0 aliphatic heterocycles. The third kappa shape index (κ3) is 1.99. The van der Waals surface area contributed by atoms with Crippen molar-refractivity contribution >= 4 is 5.78 Å². The zero-order chi connectivity index (χ0) is 12.6. The molecule has 0 aromatic carbocycles. The molecular formula is C13H19N3O. The number of rotatable bonds is 2. The minimum absolute atomic E-state index is 0.235. The molecule has 1 heterocycles. The molecule has 17 heavy (non-hydrogen) atoms. The predicted octanol–water partition coefficient (Wildman–Crippen LogP) is 1.49. The van der Waals surface area contributed by atoms with Gasteiger partial charge in [0.05, 0.1) is 11.6 Å². The fourth-order valence-corrected chi connectivity index (χ4v) is 2.38. The summed E-state index contributed by atoms with van der Waals surface area (Å²) in [4.78, 5) is 14.4. The zero-order valence-corrected chi connectivity index (χ0v) is 10.9. The molecule has 1 unspecified atom stereocenters. The summed E-state index contributed by atoms with van der Waals surface area (Å²) in [6, 6.07) is 0. The Morgan fingerprint density at radius 2 is 2.24 bits per heavy atom. The van der Waals surface area contributed by atoms with Crippen molar-refractivity contribution in [1.82, 2.24) is 14.7 Å². The average Bonchev–Trinajstić information content (AvgIpc) is 2.78. The van der Waals surface area contributed by atoms with Crippen LogP contribution in [-0.4, -0.2) is 34.6 Å². The van der Waals surface area contributed by atoms with Gasteiger partial charge in [0, 0.05) is 44.7 Å². The Kier molecular flexibility index (Phi) is 2.81. The molecule has 1 aliphatic carbocycles. The second-order valence-electron chi connectivity index (χ2n) is 5.18. The van der Waals surface area contributed by atoms with Gasteiger partial charge in [0.15, 0.2) is 5.78 Å². The highest BCUT2D eigenvalue weighted by atomic mass is 16.1. The van der Waals surface area contributed by atoms with E-state index >= 15 is 0 Å². The normalized spacial score (nSPS) is 26.8. The highest BCUT2D eigenvalue weighted by molar-refractivity contribution is 6.05. The monoisotopic (exact) mass is 233 g/mol. The van der Waals surface area contributed by atoms with Crippen molar-refractivity contribution in [2.75, 3.05) is 14.1 Å². The Morgan fingerprint density at radius 3 is 2.76 bits per heavy atom. The van der Waals surface area contributed by atoms with Gasteiger partial charge in [-0.25, -0.2) is 0 Å². The number of carbonyl (C=O) groups excluding carboxylic acids is 1. The lowest BCUT2D eigenvalue weighted by Crippen LogP contribution is -2.27. The van der Waals surface area contributed by atoms with Gasteiger partial charge in [-0.2, -0.15) is 5.10 Å². The Labute approximate surface area is 102 Å². The first-order valence-corrected chi connectivity index (χ1v) is 5.84. The van der Waals surface area contributed by atoms with Gasteiger partial charge in [-0.3, -0.25) is 9.48 Å². The Morgan fingerprint density at radius 1 is 1.53 bits per heavy atom. The first-order chi connectivity index (χ1) is 7.93. The molecule has 0 bridgehead atoms. The van der Waals surface area contributed by atoms with E-state index in [2.05, 4.69) is 5.10 Å². The molecule has 0 amide bonds. The molecular weight excluding hydrogens is 214 g/mol. The molecule has 2 rings (SSSR count). The van der Waals surface area contributed by atoms with Crippen molar-refractivity contribution in [2.24, 2.45) is 7.05 Å². The van der Waals surface area contributed by atoms with E-state index in [9.17, 15) is 4.79 Å². The number of carbonyl (C=O) groups is 1. The summed E-state index contributed by atoms with van der Waals surface area (Å²) in [6.45, 7) is 2.02. The molecule has 4 nitrogen and oxygen atoms in total. The van der Waals surface area contributed by atoms with E-state index in [4.69, 9.17) is 0 Å². The van der Waals surface area contributed by atoms with Crippen LogP contribution in [0.1, 0.15) is 25.3 Å². The van der Waals surface area contributed by atoms with Gasteiger partial charge in [0.2, 0.25) is 0 Å². The molecule has 92 valence electrons. The summed E-state index contributed by atoms with van der Waals surface area (Å²) < 4.78 is 1.75. The van der Waals surface area contributed by atoms with Crippen LogP contribution in [0.2, 0.25) is 0 Å². The zero-order valence-electron chi connectivity index (χ0n) is 10.9. The second-order valence-corrected chi connectivity index (χ2v) is 5.18. The van der Waals surface area contributed by atoms with Crippen LogP contribution in [-0.2, 0) is 17.3 Å². The summed E-state index contributed by atoms with van der Waals surface area (Å²) in [5.41, 5.74) is 1.55. The SMILES string of the molecule is CN(C)C=C1CCC(C)(c2cnn(C)c2)C1=O. The van der Waals surface area contributed by atoms with Gasteiger partial charge < -0.3 is 4.90 Å². The number of ketones is 1. The van der Waals surface area contributed by atoms with E-state index in [0.29, 0.717) is 0 Å². The highest BCUT2D eigenvalue weighted by Gasteiger charge is 2.42. The molecule has 1 fully saturated rings. The van der Waals surface area contributed by atoms with Crippen LogP contribution in [0, 0.1) is 0 Å². The van der Waals surface area contributed by atoms with Gasteiger partial charge in [-0.15, -0.1) is 0 Å². The number of allylic oxidation sites excluding steroid dienone is 1. The molecule has 1 saturated carbocycles. The summed E-state index contributed by atoms with van der Waals surface area (Å²) >= 11 is 0. The topological polar surface area (TPSA) is 38.1 Å². The highest BCUT2D eigenvalue weighted by Crippen LogP contribution is 2.40. The molecule has 0 spiro atoms. The van der Waals surface area contributed by atoms with E-state index in [-0.39, 0.29) is 5.78 Å². The third-order valence-electron chi connectivity index (χ3n) is 3.44. The van der Waals surface area contributed by atoms with Crippen LogP contribution in [0.5, 0.6) is 0 Å². The summed E-state index contributed by atoms with van der Waals surface area (Å²) in [5.74, 6) is 0.235.